The van der Waals surface area contributed by atoms with Gasteiger partial charge in [-0.2, -0.15) is 4.31 Å². The minimum absolute atomic E-state index is 0.0259. The Balaban J connectivity index is 1.57. The predicted molar refractivity (Wildman–Crippen MR) is 131 cm³/mol. The molecule has 3 aromatic rings. The summed E-state index contributed by atoms with van der Waals surface area (Å²) in [6.45, 7) is 1.76. The summed E-state index contributed by atoms with van der Waals surface area (Å²) in [6, 6.07) is 18.5. The van der Waals surface area contributed by atoms with Gasteiger partial charge in [0.15, 0.2) is 0 Å². The van der Waals surface area contributed by atoms with Crippen molar-refractivity contribution in [2.24, 2.45) is 0 Å². The van der Waals surface area contributed by atoms with E-state index in [1.54, 1.807) is 12.1 Å². The lowest BCUT2D eigenvalue weighted by Gasteiger charge is -2.33. The van der Waals surface area contributed by atoms with Crippen LogP contribution in [0.2, 0.25) is 0 Å². The number of benzene rings is 2. The van der Waals surface area contributed by atoms with E-state index in [1.807, 2.05) is 29.2 Å². The first-order chi connectivity index (χ1) is 16.3. The Morgan fingerprint density at radius 2 is 1.62 bits per heavy atom. The number of nitro benzene ring substituents is 1. The predicted octanol–water partition coefficient (Wildman–Crippen LogP) is 3.31. The number of hydrogen-bond acceptors (Lipinski definition) is 7. The number of rotatable bonds is 8. The first kappa shape index (κ1) is 23.8. The van der Waals surface area contributed by atoms with Crippen LogP contribution in [0, 0.1) is 10.1 Å². The molecule has 0 amide bonds. The molecular weight excluding hydrogens is 454 g/mol. The Labute approximate surface area is 199 Å². The van der Waals surface area contributed by atoms with Gasteiger partial charge in [0, 0.05) is 49.6 Å². The second kappa shape index (κ2) is 10.3. The summed E-state index contributed by atoms with van der Waals surface area (Å²) in [6.07, 6.45) is 3.83. The highest BCUT2D eigenvalue weighted by molar-refractivity contribution is 7.88. The van der Waals surface area contributed by atoms with Crippen LogP contribution < -0.4 is 4.90 Å². The zero-order valence-electron chi connectivity index (χ0n) is 19.0. The molecule has 1 saturated heterocycles. The third-order valence-corrected chi connectivity index (χ3v) is 7.18. The highest BCUT2D eigenvalue weighted by Crippen LogP contribution is 2.25. The van der Waals surface area contributed by atoms with E-state index in [-0.39, 0.29) is 5.69 Å². The third kappa shape index (κ3) is 5.95. The van der Waals surface area contributed by atoms with Crippen LogP contribution in [0.15, 0.2) is 60.7 Å². The van der Waals surface area contributed by atoms with Crippen LogP contribution in [-0.4, -0.2) is 60.0 Å². The third-order valence-electron chi connectivity index (χ3n) is 5.87. The fourth-order valence-corrected chi connectivity index (χ4v) is 4.82. The van der Waals surface area contributed by atoms with Gasteiger partial charge in [0.05, 0.1) is 16.9 Å². The number of anilines is 1. The van der Waals surface area contributed by atoms with E-state index >= 15 is 0 Å². The van der Waals surface area contributed by atoms with E-state index < -0.39 is 14.9 Å². The van der Waals surface area contributed by atoms with Crippen LogP contribution >= 0.6 is 0 Å². The average Bonchev–Trinajstić information content (AvgIpc) is 2.84. The second-order valence-electron chi connectivity index (χ2n) is 8.34. The summed E-state index contributed by atoms with van der Waals surface area (Å²) in [5.74, 6) is 0.554. The van der Waals surface area contributed by atoms with Crippen molar-refractivity contribution in [3.8, 4) is 11.3 Å². The van der Waals surface area contributed by atoms with Crippen LogP contribution in [-0.2, 0) is 22.9 Å². The van der Waals surface area contributed by atoms with Gasteiger partial charge < -0.3 is 4.90 Å². The summed E-state index contributed by atoms with van der Waals surface area (Å²) in [5.41, 5.74) is 3.65. The Kier molecular flexibility index (Phi) is 7.18. The second-order valence-corrected chi connectivity index (χ2v) is 10.3. The van der Waals surface area contributed by atoms with Crippen LogP contribution in [0.5, 0.6) is 0 Å². The number of nitro groups is 1. The highest BCUT2D eigenvalue weighted by Gasteiger charge is 2.25. The molecule has 34 heavy (non-hydrogen) atoms. The van der Waals surface area contributed by atoms with E-state index in [0.29, 0.717) is 37.8 Å². The first-order valence-electron chi connectivity index (χ1n) is 11.2. The molecule has 4 rings (SSSR count). The summed E-state index contributed by atoms with van der Waals surface area (Å²) in [7, 11) is -3.23. The average molecular weight is 482 g/mol. The molecule has 0 unspecified atom stereocenters. The maximum Gasteiger partial charge on any atom is 0.269 e. The van der Waals surface area contributed by atoms with Crippen molar-refractivity contribution < 1.29 is 13.3 Å². The van der Waals surface area contributed by atoms with Crippen molar-refractivity contribution in [2.75, 3.05) is 37.3 Å². The number of piperazine rings is 1. The number of non-ortho nitro benzene ring substituents is 1. The standard InChI is InChI=1S/C24H27N5O4S/c1-34(32,33)28-16-14-27(15-17-28)24-25-21(9-5-8-19-6-3-2-4-7-19)18-23(26-24)20-10-12-22(13-11-20)29(30)31/h2-4,6-7,10-13,18H,5,8-9,14-17H2,1H3. The van der Waals surface area contributed by atoms with Gasteiger partial charge in [-0.1, -0.05) is 30.3 Å². The van der Waals surface area contributed by atoms with E-state index in [0.717, 1.165) is 30.5 Å². The summed E-state index contributed by atoms with van der Waals surface area (Å²) in [5, 5.41) is 11.0. The van der Waals surface area contributed by atoms with E-state index in [1.165, 1.54) is 28.3 Å². The highest BCUT2D eigenvalue weighted by atomic mass is 32.2. The molecule has 1 fully saturated rings. The number of aryl methyl sites for hydroxylation is 2. The van der Waals surface area contributed by atoms with E-state index in [4.69, 9.17) is 9.97 Å². The van der Waals surface area contributed by atoms with Crippen molar-refractivity contribution in [1.29, 1.82) is 0 Å². The molecule has 1 aromatic heterocycles. The van der Waals surface area contributed by atoms with Crippen LogP contribution in [0.4, 0.5) is 11.6 Å². The summed E-state index contributed by atoms with van der Waals surface area (Å²) in [4.78, 5) is 22.1. The largest absolute Gasteiger partial charge is 0.338 e. The molecule has 10 heteroatoms. The normalized spacial score (nSPS) is 14.8. The molecule has 0 radical (unpaired) electrons. The van der Waals surface area contributed by atoms with Gasteiger partial charge in [-0.3, -0.25) is 10.1 Å². The Hall–Kier alpha value is -3.37. The zero-order chi connectivity index (χ0) is 24.1. The lowest BCUT2D eigenvalue weighted by Crippen LogP contribution is -2.48. The van der Waals surface area contributed by atoms with E-state index in [9.17, 15) is 18.5 Å². The SMILES string of the molecule is CS(=O)(=O)N1CCN(c2nc(CCCc3ccccc3)cc(-c3ccc([N+](=O)[O-])cc3)n2)CC1. The lowest BCUT2D eigenvalue weighted by atomic mass is 10.1. The Bertz CT molecular complexity index is 1240. The monoisotopic (exact) mass is 481 g/mol. The van der Waals surface area contributed by atoms with Gasteiger partial charge in [-0.05, 0) is 43.0 Å². The molecule has 0 aliphatic carbocycles. The Morgan fingerprint density at radius 3 is 2.24 bits per heavy atom. The molecule has 0 atom stereocenters. The van der Waals surface area contributed by atoms with Crippen LogP contribution in [0.1, 0.15) is 17.7 Å². The molecule has 0 spiro atoms. The molecule has 0 saturated carbocycles. The maximum atomic E-state index is 11.9. The fraction of sp³-hybridized carbons (Fsp3) is 0.333. The lowest BCUT2D eigenvalue weighted by molar-refractivity contribution is -0.384. The molecule has 0 bridgehead atoms. The minimum Gasteiger partial charge on any atom is -0.338 e. The van der Waals surface area contributed by atoms with Gasteiger partial charge in [0.25, 0.3) is 5.69 Å². The van der Waals surface area contributed by atoms with Gasteiger partial charge >= 0.3 is 0 Å². The van der Waals surface area contributed by atoms with E-state index in [2.05, 4.69) is 12.1 Å². The quantitative estimate of drug-likeness (QED) is 0.359. The number of sulfonamides is 1. The molecule has 2 aromatic carbocycles. The minimum atomic E-state index is -3.23. The van der Waals surface area contributed by atoms with Crippen molar-refractivity contribution in [3.05, 3.63) is 82.0 Å². The smallest absolute Gasteiger partial charge is 0.269 e. The maximum absolute atomic E-state index is 11.9. The molecule has 178 valence electrons. The first-order valence-corrected chi connectivity index (χ1v) is 13.0. The van der Waals surface area contributed by atoms with Gasteiger partial charge in [-0.15, -0.1) is 0 Å². The van der Waals surface area contributed by atoms with Gasteiger partial charge in [-0.25, -0.2) is 18.4 Å². The fourth-order valence-electron chi connectivity index (χ4n) is 3.99. The summed E-state index contributed by atoms with van der Waals surface area (Å²) < 4.78 is 25.2. The van der Waals surface area contributed by atoms with Crippen LogP contribution in [0.25, 0.3) is 11.3 Å². The molecule has 0 N–H and O–H groups in total. The van der Waals surface area contributed by atoms with Gasteiger partial charge in [0.2, 0.25) is 16.0 Å². The number of nitrogens with zero attached hydrogens (tertiary/aromatic N) is 5. The topological polar surface area (TPSA) is 110 Å². The molecular formula is C24H27N5O4S. The number of hydrogen-bond donors (Lipinski definition) is 0. The van der Waals surface area contributed by atoms with Crippen molar-refractivity contribution in [2.45, 2.75) is 19.3 Å². The van der Waals surface area contributed by atoms with Crippen molar-refractivity contribution in [1.82, 2.24) is 14.3 Å². The van der Waals surface area contributed by atoms with Gasteiger partial charge in [0.1, 0.15) is 0 Å². The summed E-state index contributed by atoms with van der Waals surface area (Å²) >= 11 is 0. The van der Waals surface area contributed by atoms with Crippen LogP contribution in [0.3, 0.4) is 0 Å². The molecule has 1 aliphatic rings. The van der Waals surface area contributed by atoms with Crippen molar-refractivity contribution >= 4 is 21.7 Å². The van der Waals surface area contributed by atoms with Crippen molar-refractivity contribution in [3.63, 3.8) is 0 Å². The molecule has 1 aliphatic heterocycles. The number of aromatic nitrogens is 2. The Morgan fingerprint density at radius 1 is 0.941 bits per heavy atom. The zero-order valence-corrected chi connectivity index (χ0v) is 19.8. The molecule has 9 nitrogen and oxygen atoms in total. The molecule has 2 heterocycles.